The number of thiophene rings is 1. The van der Waals surface area contributed by atoms with Crippen molar-refractivity contribution in [1.82, 2.24) is 0 Å². The molecule has 0 saturated carbocycles. The Labute approximate surface area is 86.2 Å². The lowest BCUT2D eigenvalue weighted by Crippen LogP contribution is -2.10. The molecule has 0 atom stereocenters. The molecule has 0 fully saturated rings. The lowest BCUT2D eigenvalue weighted by atomic mass is 9.92. The van der Waals surface area contributed by atoms with Crippen LogP contribution in [0.3, 0.4) is 0 Å². The van der Waals surface area contributed by atoms with E-state index in [1.807, 2.05) is 11.3 Å². The Kier molecular flexibility index (Phi) is 2.64. The third-order valence-electron chi connectivity index (χ3n) is 1.66. The minimum absolute atomic E-state index is 0.318. The highest BCUT2D eigenvalue weighted by molar-refractivity contribution is 14.1. The Balaban J connectivity index is 3.15. The first-order valence-corrected chi connectivity index (χ1v) is 5.63. The smallest absolute Gasteiger partial charge is 0.0269 e. The first-order valence-electron chi connectivity index (χ1n) is 3.67. The molecule has 0 bridgehead atoms. The van der Waals surface area contributed by atoms with Gasteiger partial charge >= 0.3 is 0 Å². The quantitative estimate of drug-likeness (QED) is 0.631. The minimum Gasteiger partial charge on any atom is -0.147 e. The normalized spacial score (nSPS) is 12.1. The molecule has 0 amide bonds. The van der Waals surface area contributed by atoms with Gasteiger partial charge in [0, 0.05) is 13.8 Å². The summed E-state index contributed by atoms with van der Waals surface area (Å²) < 4.78 is 1.40. The molecule has 0 spiro atoms. The molecule has 1 aromatic rings. The molecule has 62 valence electrons. The van der Waals surface area contributed by atoms with Crippen molar-refractivity contribution in [3.63, 3.8) is 0 Å². The summed E-state index contributed by atoms with van der Waals surface area (Å²) >= 11 is 4.27. The molecule has 0 unspecified atom stereocenters. The SMILES string of the molecule is Cc1c(I)csc1C(C)(C)C. The van der Waals surface area contributed by atoms with Crippen molar-refractivity contribution in [2.24, 2.45) is 0 Å². The molecule has 0 aliphatic heterocycles. The monoisotopic (exact) mass is 280 g/mol. The van der Waals surface area contributed by atoms with Crippen molar-refractivity contribution in [2.45, 2.75) is 33.1 Å². The van der Waals surface area contributed by atoms with Crippen molar-refractivity contribution in [2.75, 3.05) is 0 Å². The van der Waals surface area contributed by atoms with Gasteiger partial charge in [0.15, 0.2) is 0 Å². The molecule has 1 rings (SSSR count). The summed E-state index contributed by atoms with van der Waals surface area (Å²) in [5, 5.41) is 2.23. The highest BCUT2D eigenvalue weighted by Crippen LogP contribution is 2.33. The van der Waals surface area contributed by atoms with E-state index in [4.69, 9.17) is 0 Å². The van der Waals surface area contributed by atoms with E-state index < -0.39 is 0 Å². The lowest BCUT2D eigenvalue weighted by molar-refractivity contribution is 0.600. The van der Waals surface area contributed by atoms with Gasteiger partial charge < -0.3 is 0 Å². The third kappa shape index (κ3) is 1.96. The van der Waals surface area contributed by atoms with E-state index in [1.54, 1.807) is 0 Å². The van der Waals surface area contributed by atoms with Gasteiger partial charge in [-0.1, -0.05) is 20.8 Å². The van der Waals surface area contributed by atoms with E-state index in [1.165, 1.54) is 14.0 Å². The van der Waals surface area contributed by atoms with E-state index >= 15 is 0 Å². The Morgan fingerprint density at radius 2 is 1.91 bits per heavy atom. The van der Waals surface area contributed by atoms with E-state index in [9.17, 15) is 0 Å². The average Bonchev–Trinajstić information content (AvgIpc) is 2.11. The van der Waals surface area contributed by atoms with Crippen molar-refractivity contribution in [3.8, 4) is 0 Å². The van der Waals surface area contributed by atoms with Gasteiger partial charge in [-0.15, -0.1) is 11.3 Å². The topological polar surface area (TPSA) is 0 Å². The van der Waals surface area contributed by atoms with Crippen LogP contribution in [0.5, 0.6) is 0 Å². The highest BCUT2D eigenvalue weighted by Gasteiger charge is 2.18. The average molecular weight is 280 g/mol. The van der Waals surface area contributed by atoms with E-state index in [2.05, 4.69) is 55.7 Å². The van der Waals surface area contributed by atoms with Crippen molar-refractivity contribution in [3.05, 3.63) is 19.4 Å². The van der Waals surface area contributed by atoms with Gasteiger partial charge in [0.25, 0.3) is 0 Å². The van der Waals surface area contributed by atoms with Crippen LogP contribution < -0.4 is 0 Å². The molecule has 1 aromatic heterocycles. The zero-order valence-electron chi connectivity index (χ0n) is 7.36. The predicted octanol–water partition coefficient (Wildman–Crippen LogP) is 3.96. The van der Waals surface area contributed by atoms with Crippen molar-refractivity contribution < 1.29 is 0 Å². The van der Waals surface area contributed by atoms with Gasteiger partial charge in [0.05, 0.1) is 0 Å². The standard InChI is InChI=1S/C9H13IS/c1-6-7(10)5-11-8(6)9(2,3)4/h5H,1-4H3. The Hall–Kier alpha value is 0.430. The highest BCUT2D eigenvalue weighted by atomic mass is 127. The molecule has 0 N–H and O–H groups in total. The zero-order valence-corrected chi connectivity index (χ0v) is 10.3. The summed E-state index contributed by atoms with van der Waals surface area (Å²) in [6.45, 7) is 9.00. The summed E-state index contributed by atoms with van der Waals surface area (Å²) in [5.41, 5.74) is 1.78. The van der Waals surface area contributed by atoms with Crippen LogP contribution in [0.4, 0.5) is 0 Å². The fraction of sp³-hybridized carbons (Fsp3) is 0.556. The molecule has 0 radical (unpaired) electrons. The van der Waals surface area contributed by atoms with Gasteiger partial charge in [0.2, 0.25) is 0 Å². The lowest BCUT2D eigenvalue weighted by Gasteiger charge is -2.17. The molecule has 0 aromatic carbocycles. The van der Waals surface area contributed by atoms with Crippen LogP contribution in [0.1, 0.15) is 31.2 Å². The summed E-state index contributed by atoms with van der Waals surface area (Å²) in [6.07, 6.45) is 0. The number of rotatable bonds is 0. The molecule has 2 heteroatoms. The maximum atomic E-state index is 2.40. The second-order valence-electron chi connectivity index (χ2n) is 3.79. The number of hydrogen-bond donors (Lipinski definition) is 0. The molecule has 0 nitrogen and oxygen atoms in total. The van der Waals surface area contributed by atoms with E-state index in [0.29, 0.717) is 5.41 Å². The third-order valence-corrected chi connectivity index (χ3v) is 4.71. The molecular formula is C9H13IS. The Morgan fingerprint density at radius 1 is 1.36 bits per heavy atom. The van der Waals surface area contributed by atoms with Gasteiger partial charge in [0.1, 0.15) is 0 Å². The van der Waals surface area contributed by atoms with Crippen LogP contribution in [-0.2, 0) is 5.41 Å². The van der Waals surface area contributed by atoms with Gasteiger partial charge in [-0.2, -0.15) is 0 Å². The molecule has 1 heterocycles. The zero-order chi connectivity index (χ0) is 8.65. The van der Waals surface area contributed by atoms with Crippen LogP contribution in [0.25, 0.3) is 0 Å². The van der Waals surface area contributed by atoms with Gasteiger partial charge in [-0.3, -0.25) is 0 Å². The predicted molar refractivity (Wildman–Crippen MR) is 60.5 cm³/mol. The van der Waals surface area contributed by atoms with Crippen LogP contribution in [0, 0.1) is 10.5 Å². The maximum Gasteiger partial charge on any atom is 0.0269 e. The number of hydrogen-bond acceptors (Lipinski definition) is 1. The fourth-order valence-corrected chi connectivity index (χ4v) is 3.01. The molecule has 11 heavy (non-hydrogen) atoms. The number of halogens is 1. The summed E-state index contributed by atoms with van der Waals surface area (Å²) in [5.74, 6) is 0. The first kappa shape index (κ1) is 9.52. The van der Waals surface area contributed by atoms with Crippen molar-refractivity contribution in [1.29, 1.82) is 0 Å². The van der Waals surface area contributed by atoms with Crippen LogP contribution >= 0.6 is 33.9 Å². The first-order chi connectivity index (χ1) is 4.93. The summed E-state index contributed by atoms with van der Waals surface area (Å²) in [7, 11) is 0. The van der Waals surface area contributed by atoms with E-state index in [0.717, 1.165) is 0 Å². The van der Waals surface area contributed by atoms with E-state index in [-0.39, 0.29) is 0 Å². The van der Waals surface area contributed by atoms with Crippen molar-refractivity contribution >= 4 is 33.9 Å². The minimum atomic E-state index is 0.318. The fourth-order valence-electron chi connectivity index (χ4n) is 1.14. The second-order valence-corrected chi connectivity index (χ2v) is 5.83. The summed E-state index contributed by atoms with van der Waals surface area (Å²) in [4.78, 5) is 1.52. The van der Waals surface area contributed by atoms with Crippen LogP contribution in [0.2, 0.25) is 0 Å². The molecular weight excluding hydrogens is 267 g/mol. The Morgan fingerprint density at radius 3 is 2.09 bits per heavy atom. The van der Waals surface area contributed by atoms with Gasteiger partial charge in [-0.05, 0) is 40.5 Å². The molecule has 0 aliphatic rings. The summed E-state index contributed by atoms with van der Waals surface area (Å²) in [6, 6.07) is 0. The Bertz CT molecular complexity index is 255. The molecule has 0 aliphatic carbocycles. The van der Waals surface area contributed by atoms with Gasteiger partial charge in [-0.25, -0.2) is 0 Å². The second kappa shape index (κ2) is 3.05. The maximum absolute atomic E-state index is 2.40. The molecule has 0 saturated heterocycles. The van der Waals surface area contributed by atoms with Crippen LogP contribution in [0.15, 0.2) is 5.38 Å². The van der Waals surface area contributed by atoms with Crippen LogP contribution in [-0.4, -0.2) is 0 Å². The largest absolute Gasteiger partial charge is 0.147 e.